The van der Waals surface area contributed by atoms with E-state index in [1.54, 1.807) is 0 Å². The van der Waals surface area contributed by atoms with E-state index < -0.39 is 0 Å². The van der Waals surface area contributed by atoms with Gasteiger partial charge in [-0.2, -0.15) is 5.10 Å². The Morgan fingerprint density at radius 2 is 2.21 bits per heavy atom. The van der Waals surface area contributed by atoms with Crippen LogP contribution in [0.25, 0.3) is 0 Å². The van der Waals surface area contributed by atoms with E-state index in [-0.39, 0.29) is 5.54 Å². The molecule has 3 nitrogen and oxygen atoms in total. The van der Waals surface area contributed by atoms with Gasteiger partial charge in [0.2, 0.25) is 0 Å². The molecule has 1 aliphatic carbocycles. The van der Waals surface area contributed by atoms with Crippen molar-refractivity contribution in [2.24, 2.45) is 12.8 Å². The van der Waals surface area contributed by atoms with Gasteiger partial charge in [-0.05, 0) is 48.5 Å². The Hall–Kier alpha value is -0.350. The summed E-state index contributed by atoms with van der Waals surface area (Å²) in [6.07, 6.45) is 4.46. The number of aryl methyl sites for hydroxylation is 2. The molecule has 4 heteroatoms. The largest absolute Gasteiger partial charge is 0.325 e. The van der Waals surface area contributed by atoms with E-state index in [0.29, 0.717) is 0 Å². The molecule has 0 spiro atoms. The molecule has 0 atom stereocenters. The highest BCUT2D eigenvalue weighted by molar-refractivity contribution is 9.10. The fourth-order valence-electron chi connectivity index (χ4n) is 1.73. The summed E-state index contributed by atoms with van der Waals surface area (Å²) < 4.78 is 3.09. The van der Waals surface area contributed by atoms with E-state index in [0.717, 1.165) is 23.0 Å². The average molecular weight is 258 g/mol. The molecule has 1 aromatic heterocycles. The van der Waals surface area contributed by atoms with Crippen LogP contribution in [0.15, 0.2) is 4.47 Å². The van der Waals surface area contributed by atoms with Crippen LogP contribution in [0.5, 0.6) is 0 Å². The minimum absolute atomic E-state index is 0.137. The summed E-state index contributed by atoms with van der Waals surface area (Å²) in [6, 6.07) is 0. The number of hydrogen-bond donors (Lipinski definition) is 1. The Morgan fingerprint density at radius 3 is 2.64 bits per heavy atom. The van der Waals surface area contributed by atoms with Crippen molar-refractivity contribution < 1.29 is 0 Å². The fourth-order valence-corrected chi connectivity index (χ4v) is 2.26. The Morgan fingerprint density at radius 1 is 1.57 bits per heavy atom. The molecule has 0 amide bonds. The highest BCUT2D eigenvalue weighted by Crippen LogP contribution is 2.37. The second-order valence-corrected chi connectivity index (χ2v) is 5.13. The summed E-state index contributed by atoms with van der Waals surface area (Å²) >= 11 is 3.57. The highest BCUT2D eigenvalue weighted by atomic mass is 79.9. The highest BCUT2D eigenvalue weighted by Gasteiger charge is 2.37. The maximum absolute atomic E-state index is 6.06. The minimum atomic E-state index is 0.137. The molecule has 0 unspecified atom stereocenters. The van der Waals surface area contributed by atoms with Crippen LogP contribution in [0.2, 0.25) is 0 Å². The molecule has 1 heterocycles. The van der Waals surface area contributed by atoms with Crippen molar-refractivity contribution in [1.29, 1.82) is 0 Å². The van der Waals surface area contributed by atoms with Crippen molar-refractivity contribution in [3.63, 3.8) is 0 Å². The quantitative estimate of drug-likeness (QED) is 0.900. The molecule has 0 aromatic carbocycles. The molecule has 0 radical (unpaired) electrons. The van der Waals surface area contributed by atoms with Gasteiger partial charge in [0, 0.05) is 12.6 Å². The van der Waals surface area contributed by atoms with E-state index in [1.807, 2.05) is 18.7 Å². The molecule has 1 aliphatic rings. The first-order valence-corrected chi connectivity index (χ1v) is 5.78. The molecule has 0 bridgehead atoms. The van der Waals surface area contributed by atoms with Crippen LogP contribution in [-0.4, -0.2) is 15.3 Å². The maximum atomic E-state index is 6.06. The van der Waals surface area contributed by atoms with Gasteiger partial charge in [-0.25, -0.2) is 0 Å². The second kappa shape index (κ2) is 3.35. The van der Waals surface area contributed by atoms with Gasteiger partial charge in [-0.1, -0.05) is 0 Å². The summed E-state index contributed by atoms with van der Waals surface area (Å²) in [5.41, 5.74) is 8.52. The minimum Gasteiger partial charge on any atom is -0.325 e. The number of nitrogens with two attached hydrogens (primary N) is 1. The third kappa shape index (κ3) is 1.86. The van der Waals surface area contributed by atoms with Crippen molar-refractivity contribution in [2.75, 3.05) is 0 Å². The Bertz CT molecular complexity index is 352. The number of halogens is 1. The zero-order chi connectivity index (χ0) is 10.3. The predicted molar refractivity (Wildman–Crippen MR) is 60.1 cm³/mol. The molecule has 0 saturated heterocycles. The smallest absolute Gasteiger partial charge is 0.0738 e. The Kier molecular flexibility index (Phi) is 2.43. The summed E-state index contributed by atoms with van der Waals surface area (Å²) in [4.78, 5) is 0. The van der Waals surface area contributed by atoms with E-state index >= 15 is 0 Å². The van der Waals surface area contributed by atoms with E-state index in [2.05, 4.69) is 21.0 Å². The SMILES string of the molecule is Cc1nn(C)c(CCC2(N)CC2)c1Br. The maximum Gasteiger partial charge on any atom is 0.0738 e. The van der Waals surface area contributed by atoms with Crippen LogP contribution < -0.4 is 5.73 Å². The number of hydrogen-bond acceptors (Lipinski definition) is 2. The number of aromatic nitrogens is 2. The van der Waals surface area contributed by atoms with Crippen molar-refractivity contribution in [1.82, 2.24) is 9.78 Å². The summed E-state index contributed by atoms with van der Waals surface area (Å²) in [6.45, 7) is 2.02. The van der Waals surface area contributed by atoms with Crippen LogP contribution in [0.4, 0.5) is 0 Å². The normalized spacial score (nSPS) is 18.6. The van der Waals surface area contributed by atoms with Crippen LogP contribution in [-0.2, 0) is 13.5 Å². The lowest BCUT2D eigenvalue weighted by atomic mass is 10.1. The first-order valence-electron chi connectivity index (χ1n) is 4.99. The zero-order valence-corrected chi connectivity index (χ0v) is 10.3. The molecular weight excluding hydrogens is 242 g/mol. The molecule has 2 rings (SSSR count). The molecule has 1 fully saturated rings. The van der Waals surface area contributed by atoms with Crippen molar-refractivity contribution in [3.05, 3.63) is 15.9 Å². The zero-order valence-electron chi connectivity index (χ0n) is 8.68. The lowest BCUT2D eigenvalue weighted by Crippen LogP contribution is -2.22. The van der Waals surface area contributed by atoms with E-state index in [9.17, 15) is 0 Å². The van der Waals surface area contributed by atoms with Gasteiger partial charge in [0.25, 0.3) is 0 Å². The third-order valence-electron chi connectivity index (χ3n) is 3.01. The molecular formula is C10H16BrN3. The van der Waals surface area contributed by atoms with E-state index in [1.165, 1.54) is 18.5 Å². The predicted octanol–water partition coefficient (Wildman–Crippen LogP) is 1.91. The van der Waals surface area contributed by atoms with Gasteiger partial charge in [-0.3, -0.25) is 4.68 Å². The van der Waals surface area contributed by atoms with Gasteiger partial charge in [0.1, 0.15) is 0 Å². The van der Waals surface area contributed by atoms with Crippen molar-refractivity contribution >= 4 is 15.9 Å². The summed E-state index contributed by atoms with van der Waals surface area (Å²) in [5, 5.41) is 4.36. The number of rotatable bonds is 3. The second-order valence-electron chi connectivity index (χ2n) is 4.33. The molecule has 1 aromatic rings. The summed E-state index contributed by atoms with van der Waals surface area (Å²) in [7, 11) is 1.99. The topological polar surface area (TPSA) is 43.8 Å². The van der Waals surface area contributed by atoms with Gasteiger partial charge in [0.15, 0.2) is 0 Å². The van der Waals surface area contributed by atoms with Crippen LogP contribution in [0.1, 0.15) is 30.7 Å². The lowest BCUT2D eigenvalue weighted by molar-refractivity contribution is 0.582. The molecule has 0 aliphatic heterocycles. The average Bonchev–Trinajstić information content (AvgIpc) is 2.78. The number of nitrogens with zero attached hydrogens (tertiary/aromatic N) is 2. The van der Waals surface area contributed by atoms with Gasteiger partial charge < -0.3 is 5.73 Å². The van der Waals surface area contributed by atoms with Crippen molar-refractivity contribution in [2.45, 2.75) is 38.1 Å². The standard InChI is InChI=1S/C10H16BrN3/c1-7-9(11)8(14(2)13-7)3-4-10(12)5-6-10/h3-6,12H2,1-2H3. The van der Waals surface area contributed by atoms with Crippen LogP contribution in [0.3, 0.4) is 0 Å². The van der Waals surface area contributed by atoms with Crippen LogP contribution in [0, 0.1) is 6.92 Å². The summed E-state index contributed by atoms with van der Waals surface area (Å²) in [5.74, 6) is 0. The van der Waals surface area contributed by atoms with Gasteiger partial charge in [0.05, 0.1) is 15.9 Å². The third-order valence-corrected chi connectivity index (χ3v) is 4.05. The Balaban J connectivity index is 2.08. The molecule has 2 N–H and O–H groups in total. The van der Waals surface area contributed by atoms with Gasteiger partial charge in [-0.15, -0.1) is 0 Å². The molecule has 14 heavy (non-hydrogen) atoms. The first kappa shape index (κ1) is 10.2. The lowest BCUT2D eigenvalue weighted by Gasteiger charge is -2.08. The van der Waals surface area contributed by atoms with Crippen molar-refractivity contribution in [3.8, 4) is 0 Å². The van der Waals surface area contributed by atoms with Crippen LogP contribution >= 0.6 is 15.9 Å². The monoisotopic (exact) mass is 257 g/mol. The molecule has 78 valence electrons. The van der Waals surface area contributed by atoms with E-state index in [4.69, 9.17) is 5.73 Å². The fraction of sp³-hybridized carbons (Fsp3) is 0.700. The molecule has 1 saturated carbocycles. The Labute approximate surface area is 92.8 Å². The first-order chi connectivity index (χ1) is 6.52. The van der Waals surface area contributed by atoms with Gasteiger partial charge >= 0.3 is 0 Å².